The summed E-state index contributed by atoms with van der Waals surface area (Å²) in [6.07, 6.45) is 0.795. The molecule has 2 unspecified atom stereocenters. The summed E-state index contributed by atoms with van der Waals surface area (Å²) in [6, 6.07) is 11.1. The first-order valence-corrected chi connectivity index (χ1v) is 15.0. The Morgan fingerprint density at radius 1 is 1.21 bits per heavy atom. The molecule has 4 aromatic rings. The molecule has 1 N–H and O–H groups in total. The number of carboxylic acid groups (broad SMARTS) is 1. The number of rotatable bonds is 9. The lowest BCUT2D eigenvalue weighted by atomic mass is 9.85. The number of aromatic nitrogens is 4. The highest BCUT2D eigenvalue weighted by molar-refractivity contribution is 7.89. The van der Waals surface area contributed by atoms with Crippen molar-refractivity contribution in [3.63, 3.8) is 0 Å². The van der Waals surface area contributed by atoms with Crippen molar-refractivity contribution in [2.45, 2.75) is 57.4 Å². The highest BCUT2D eigenvalue weighted by Crippen LogP contribution is 2.35. The summed E-state index contributed by atoms with van der Waals surface area (Å²) in [6.45, 7) is 7.87. The van der Waals surface area contributed by atoms with Crippen molar-refractivity contribution < 1.29 is 23.2 Å². The van der Waals surface area contributed by atoms with Gasteiger partial charge in [0.25, 0.3) is 6.43 Å². The van der Waals surface area contributed by atoms with E-state index < -0.39 is 35.5 Å². The number of hydrogen-bond donors (Lipinski definition) is 1. The summed E-state index contributed by atoms with van der Waals surface area (Å²) in [5, 5.41) is 26.8. The van der Waals surface area contributed by atoms with Crippen LogP contribution in [0.1, 0.15) is 71.3 Å². The Kier molecular flexibility index (Phi) is 8.91. The number of carboxylic acids is 1. The van der Waals surface area contributed by atoms with Crippen molar-refractivity contribution in [3.8, 4) is 6.07 Å². The van der Waals surface area contributed by atoms with Gasteiger partial charge in [0.1, 0.15) is 6.07 Å². The van der Waals surface area contributed by atoms with Crippen LogP contribution in [0.3, 0.4) is 0 Å². The van der Waals surface area contributed by atoms with Crippen molar-refractivity contribution in [1.29, 1.82) is 5.26 Å². The Morgan fingerprint density at radius 2 is 2.00 bits per heavy atom. The van der Waals surface area contributed by atoms with E-state index in [2.05, 4.69) is 33.1 Å². The zero-order chi connectivity index (χ0) is 30.8. The van der Waals surface area contributed by atoms with E-state index in [9.17, 15) is 28.5 Å². The van der Waals surface area contributed by atoms with Gasteiger partial charge in [0.05, 0.1) is 36.4 Å². The number of halogens is 2. The molecule has 1 aromatic carbocycles. The Bertz CT molecular complexity index is 1710. The summed E-state index contributed by atoms with van der Waals surface area (Å²) in [7, 11) is 0. The minimum absolute atomic E-state index is 0.229. The maximum atomic E-state index is 13.9. The maximum Gasteiger partial charge on any atom is 0.304 e. The molecule has 13 heteroatoms. The second-order valence-corrected chi connectivity index (χ2v) is 12.0. The number of anilines is 1. The standard InChI is InChI=1S/C30H31F2N7O3S/c1-4-8-37-10-11-38(43(42)25-12-20(15-33)16-34-29(25)37)17-22-13-21(6-5-18(22)2)24(14-26(40)41)23-7-9-39-28(19(23)3)35-36-30(39)27(31)32/h5-7,9,12-13,16,24,27H,4,8,10-11,14,17H2,1-3H3,(H,40,41). The van der Waals surface area contributed by atoms with Gasteiger partial charge in [0, 0.05) is 37.5 Å². The fraction of sp³-hybridized carbons (Fsp3) is 0.367. The van der Waals surface area contributed by atoms with Crippen LogP contribution in [0.25, 0.3) is 5.65 Å². The van der Waals surface area contributed by atoms with Crippen molar-refractivity contribution in [2.24, 2.45) is 0 Å². The fourth-order valence-corrected chi connectivity index (χ4v) is 6.89. The van der Waals surface area contributed by atoms with Gasteiger partial charge in [-0.1, -0.05) is 25.1 Å². The molecule has 0 bridgehead atoms. The number of hydrogen-bond acceptors (Lipinski definition) is 8. The highest BCUT2D eigenvalue weighted by Gasteiger charge is 2.34. The minimum atomic E-state index is -2.80. The molecule has 43 heavy (non-hydrogen) atoms. The zero-order valence-electron chi connectivity index (χ0n) is 24.0. The summed E-state index contributed by atoms with van der Waals surface area (Å²) in [5.74, 6) is -1.46. The van der Waals surface area contributed by atoms with Gasteiger partial charge >= 0.3 is 5.97 Å². The number of carbonyl (C=O) groups is 1. The number of fused-ring (bicyclic) bond motifs is 2. The molecule has 1 aliphatic rings. The molecule has 0 aliphatic carbocycles. The third-order valence-electron chi connectivity index (χ3n) is 7.76. The number of alkyl halides is 2. The third-order valence-corrected chi connectivity index (χ3v) is 9.22. The lowest BCUT2D eigenvalue weighted by Gasteiger charge is -2.24. The summed E-state index contributed by atoms with van der Waals surface area (Å²) >= 11 is -1.59. The highest BCUT2D eigenvalue weighted by atomic mass is 32.2. The third kappa shape index (κ3) is 6.04. The predicted octanol–water partition coefficient (Wildman–Crippen LogP) is 4.91. The smallest absolute Gasteiger partial charge is 0.304 e. The van der Waals surface area contributed by atoms with Crippen LogP contribution in [0.2, 0.25) is 0 Å². The molecular weight excluding hydrogens is 576 g/mol. The molecule has 10 nitrogen and oxygen atoms in total. The summed E-state index contributed by atoms with van der Waals surface area (Å²) in [4.78, 5) is 19.1. The molecule has 0 radical (unpaired) electrons. The van der Waals surface area contributed by atoms with E-state index in [1.807, 2.05) is 29.4 Å². The van der Waals surface area contributed by atoms with Crippen LogP contribution in [0.15, 0.2) is 47.6 Å². The maximum absolute atomic E-state index is 13.9. The van der Waals surface area contributed by atoms with E-state index in [1.165, 1.54) is 16.8 Å². The number of aryl methyl sites for hydroxylation is 2. The first-order chi connectivity index (χ1) is 20.6. The average Bonchev–Trinajstić information content (AvgIpc) is 3.39. The summed E-state index contributed by atoms with van der Waals surface area (Å²) < 4.78 is 43.8. The second kappa shape index (κ2) is 12.6. The number of nitriles is 1. The molecule has 0 amide bonds. The SMILES string of the molecule is CCCN1CCN(Cc2cc(C(CC(=O)O)c3ccn4c(C(F)F)nnc4c3C)ccc2C)[S+]([O-])c2cc(C#N)cnc21. The van der Waals surface area contributed by atoms with E-state index in [0.717, 1.165) is 29.7 Å². The van der Waals surface area contributed by atoms with Crippen LogP contribution in [0.5, 0.6) is 0 Å². The van der Waals surface area contributed by atoms with E-state index in [0.29, 0.717) is 47.0 Å². The normalized spacial score (nSPS) is 16.2. The Hall–Kier alpha value is -4.12. The van der Waals surface area contributed by atoms with Crippen molar-refractivity contribution >= 4 is 28.8 Å². The van der Waals surface area contributed by atoms with Gasteiger partial charge in [-0.3, -0.25) is 9.20 Å². The molecule has 2 atom stereocenters. The predicted molar refractivity (Wildman–Crippen MR) is 156 cm³/mol. The molecule has 4 heterocycles. The summed E-state index contributed by atoms with van der Waals surface area (Å²) in [5.41, 5.74) is 4.34. The molecule has 224 valence electrons. The van der Waals surface area contributed by atoms with E-state index in [1.54, 1.807) is 19.1 Å². The molecule has 0 saturated carbocycles. The average molecular weight is 608 g/mol. The first kappa shape index (κ1) is 30.3. The van der Waals surface area contributed by atoms with Gasteiger partial charge in [-0.05, 0) is 54.2 Å². The Morgan fingerprint density at radius 3 is 2.70 bits per heavy atom. The zero-order valence-corrected chi connectivity index (χ0v) is 24.8. The number of aliphatic carboxylic acids is 1. The minimum Gasteiger partial charge on any atom is -0.593 e. The van der Waals surface area contributed by atoms with Gasteiger partial charge in [-0.25, -0.2) is 13.8 Å². The molecule has 0 saturated heterocycles. The van der Waals surface area contributed by atoms with Crippen LogP contribution in [-0.2, 0) is 22.7 Å². The van der Waals surface area contributed by atoms with Gasteiger partial charge in [-0.2, -0.15) is 5.26 Å². The number of benzene rings is 1. The van der Waals surface area contributed by atoms with Gasteiger partial charge < -0.3 is 14.6 Å². The first-order valence-electron chi connectivity index (χ1n) is 13.9. The number of pyridine rings is 2. The van der Waals surface area contributed by atoms with Crippen molar-refractivity contribution in [3.05, 3.63) is 81.9 Å². The van der Waals surface area contributed by atoms with Crippen LogP contribution in [-0.4, -0.2) is 59.2 Å². The molecule has 1 aliphatic heterocycles. The lowest BCUT2D eigenvalue weighted by molar-refractivity contribution is -0.137. The van der Waals surface area contributed by atoms with Crippen LogP contribution >= 0.6 is 0 Å². The molecule has 3 aromatic heterocycles. The van der Waals surface area contributed by atoms with Crippen LogP contribution in [0.4, 0.5) is 14.6 Å². The Labute approximate surface area is 250 Å². The monoisotopic (exact) mass is 607 g/mol. The molecule has 0 fully saturated rings. The van der Waals surface area contributed by atoms with Crippen LogP contribution < -0.4 is 4.90 Å². The van der Waals surface area contributed by atoms with Crippen LogP contribution in [0, 0.1) is 25.2 Å². The molecule has 5 rings (SSSR count). The second-order valence-electron chi connectivity index (χ2n) is 10.5. The molecular formula is C30H31F2N7O3S. The van der Waals surface area contributed by atoms with E-state index >= 15 is 0 Å². The van der Waals surface area contributed by atoms with Gasteiger partial charge in [-0.15, -0.1) is 14.5 Å². The van der Waals surface area contributed by atoms with Gasteiger partial charge in [0.15, 0.2) is 11.5 Å². The largest absolute Gasteiger partial charge is 0.593 e. The topological polar surface area (TPSA) is 134 Å². The van der Waals surface area contributed by atoms with Gasteiger partial charge in [0.2, 0.25) is 10.7 Å². The lowest BCUT2D eigenvalue weighted by Crippen LogP contribution is -2.35. The fourth-order valence-electron chi connectivity index (χ4n) is 5.54. The Balaban J connectivity index is 1.51. The molecule has 0 spiro atoms. The number of nitrogens with zero attached hydrogens (tertiary/aromatic N) is 7. The quantitative estimate of drug-likeness (QED) is 0.263. The van der Waals surface area contributed by atoms with E-state index in [-0.39, 0.29) is 12.1 Å². The van der Waals surface area contributed by atoms with E-state index in [4.69, 9.17) is 0 Å². The van der Waals surface area contributed by atoms with Crippen molar-refractivity contribution in [1.82, 2.24) is 23.9 Å². The van der Waals surface area contributed by atoms with Crippen molar-refractivity contribution in [2.75, 3.05) is 24.5 Å².